The molecular formula is C16H19NO4S. The van der Waals surface area contributed by atoms with Gasteiger partial charge in [-0.2, -0.15) is 4.31 Å². The first-order valence-electron chi connectivity index (χ1n) is 6.68. The predicted octanol–water partition coefficient (Wildman–Crippen LogP) is 1.74. The molecule has 1 aromatic carbocycles. The third-order valence-corrected chi connectivity index (χ3v) is 4.72. The number of terminal acetylenes is 1. The summed E-state index contributed by atoms with van der Waals surface area (Å²) in [6.45, 7) is 5.01. The predicted molar refractivity (Wildman–Crippen MR) is 84.5 cm³/mol. The van der Waals surface area contributed by atoms with Gasteiger partial charge in [-0.3, -0.25) is 4.79 Å². The van der Waals surface area contributed by atoms with Gasteiger partial charge in [0.25, 0.3) is 0 Å². The van der Waals surface area contributed by atoms with Crippen LogP contribution < -0.4 is 0 Å². The largest absolute Gasteiger partial charge is 0.452 e. The number of ether oxygens (including phenoxy) is 1. The summed E-state index contributed by atoms with van der Waals surface area (Å²) in [7, 11) is -3.78. The Labute approximate surface area is 131 Å². The molecule has 5 nitrogen and oxygen atoms in total. The molecule has 0 aliphatic heterocycles. The molecule has 118 valence electrons. The molecule has 0 saturated heterocycles. The molecule has 0 radical (unpaired) electrons. The van der Waals surface area contributed by atoms with Crippen molar-refractivity contribution >= 4 is 16.0 Å². The molecule has 0 aliphatic rings. The van der Waals surface area contributed by atoms with Gasteiger partial charge in [0.2, 0.25) is 10.0 Å². The highest BCUT2D eigenvalue weighted by Gasteiger charge is 2.26. The van der Waals surface area contributed by atoms with E-state index in [0.717, 1.165) is 9.87 Å². The van der Waals surface area contributed by atoms with Gasteiger partial charge in [-0.1, -0.05) is 29.7 Å². The highest BCUT2D eigenvalue weighted by atomic mass is 32.2. The Balaban J connectivity index is 2.98. The fraction of sp³-hybridized carbons (Fsp3) is 0.312. The number of nitrogens with zero attached hydrogens (tertiary/aromatic N) is 1. The summed E-state index contributed by atoms with van der Waals surface area (Å²) in [4.78, 5) is 11.8. The number of rotatable bonds is 8. The van der Waals surface area contributed by atoms with Gasteiger partial charge in [-0.15, -0.1) is 13.0 Å². The Hall–Kier alpha value is -2.10. The Bertz CT molecular complexity index is 656. The van der Waals surface area contributed by atoms with Gasteiger partial charge in [-0.05, 0) is 25.5 Å². The molecular weight excluding hydrogens is 302 g/mol. The fourth-order valence-electron chi connectivity index (χ4n) is 1.69. The molecule has 0 unspecified atom stereocenters. The second-order valence-electron chi connectivity index (χ2n) is 4.59. The van der Waals surface area contributed by atoms with Gasteiger partial charge >= 0.3 is 5.97 Å². The van der Waals surface area contributed by atoms with E-state index in [4.69, 9.17) is 11.2 Å². The van der Waals surface area contributed by atoms with Crippen LogP contribution in [0.5, 0.6) is 0 Å². The normalized spacial score (nSPS) is 11.0. The minimum Gasteiger partial charge on any atom is -0.452 e. The molecule has 0 saturated carbocycles. The van der Waals surface area contributed by atoms with Gasteiger partial charge < -0.3 is 4.74 Å². The van der Waals surface area contributed by atoms with E-state index in [0.29, 0.717) is 6.42 Å². The van der Waals surface area contributed by atoms with Gasteiger partial charge in [0.05, 0.1) is 4.90 Å². The smallest absolute Gasteiger partial charge is 0.322 e. The number of esters is 1. The molecule has 1 aromatic rings. The van der Waals surface area contributed by atoms with Crippen LogP contribution in [-0.2, 0) is 19.6 Å². The van der Waals surface area contributed by atoms with Crippen LogP contribution in [0.2, 0.25) is 0 Å². The van der Waals surface area contributed by atoms with Crippen molar-refractivity contribution in [1.29, 1.82) is 0 Å². The lowest BCUT2D eigenvalue weighted by atomic mass is 10.2. The average Bonchev–Trinajstić information content (AvgIpc) is 2.49. The van der Waals surface area contributed by atoms with Crippen molar-refractivity contribution in [2.24, 2.45) is 0 Å². The average molecular weight is 321 g/mol. The van der Waals surface area contributed by atoms with Crippen LogP contribution >= 0.6 is 0 Å². The van der Waals surface area contributed by atoms with Gasteiger partial charge in [0.15, 0.2) is 6.61 Å². The van der Waals surface area contributed by atoms with Crippen molar-refractivity contribution in [2.45, 2.75) is 18.2 Å². The van der Waals surface area contributed by atoms with Crippen LogP contribution in [0.1, 0.15) is 12.0 Å². The highest BCUT2D eigenvalue weighted by Crippen LogP contribution is 2.17. The van der Waals surface area contributed by atoms with Crippen LogP contribution in [0.15, 0.2) is 41.8 Å². The molecule has 6 heteroatoms. The van der Waals surface area contributed by atoms with Crippen LogP contribution in [0.25, 0.3) is 0 Å². The SMILES string of the molecule is C#CCOC(=O)CN(CCC=C)S(=O)(=O)c1ccc(C)cc1. The zero-order chi connectivity index (χ0) is 16.6. The molecule has 0 amide bonds. The molecule has 0 fully saturated rings. The van der Waals surface area contributed by atoms with Crippen LogP contribution in [0.4, 0.5) is 0 Å². The van der Waals surface area contributed by atoms with Gasteiger partial charge in [-0.25, -0.2) is 8.42 Å². The third-order valence-electron chi connectivity index (χ3n) is 2.86. The van der Waals surface area contributed by atoms with E-state index in [1.165, 1.54) is 12.1 Å². The first-order chi connectivity index (χ1) is 10.4. The van der Waals surface area contributed by atoms with E-state index in [1.807, 2.05) is 6.92 Å². The minimum atomic E-state index is -3.78. The third kappa shape index (κ3) is 5.02. The van der Waals surface area contributed by atoms with E-state index in [9.17, 15) is 13.2 Å². The summed E-state index contributed by atoms with van der Waals surface area (Å²) in [5.74, 6) is 1.48. The summed E-state index contributed by atoms with van der Waals surface area (Å²) < 4.78 is 31.0. The number of hydrogen-bond donors (Lipinski definition) is 0. The van der Waals surface area contributed by atoms with E-state index >= 15 is 0 Å². The van der Waals surface area contributed by atoms with Crippen molar-refractivity contribution in [3.63, 3.8) is 0 Å². The number of carbonyl (C=O) groups excluding carboxylic acids is 1. The topological polar surface area (TPSA) is 63.7 Å². The Kier molecular flexibility index (Phi) is 6.83. The lowest BCUT2D eigenvalue weighted by molar-refractivity contribution is -0.142. The van der Waals surface area contributed by atoms with E-state index in [-0.39, 0.29) is 24.6 Å². The zero-order valence-electron chi connectivity index (χ0n) is 12.5. The summed E-state index contributed by atoms with van der Waals surface area (Å²) in [6, 6.07) is 6.43. The quantitative estimate of drug-likeness (QED) is 0.416. The molecule has 1 rings (SSSR count). The highest BCUT2D eigenvalue weighted by molar-refractivity contribution is 7.89. The lowest BCUT2D eigenvalue weighted by Crippen LogP contribution is -2.37. The molecule has 0 bridgehead atoms. The zero-order valence-corrected chi connectivity index (χ0v) is 13.3. The fourth-order valence-corrected chi connectivity index (χ4v) is 3.09. The van der Waals surface area contributed by atoms with Crippen molar-refractivity contribution in [3.05, 3.63) is 42.5 Å². The molecule has 0 heterocycles. The van der Waals surface area contributed by atoms with E-state index < -0.39 is 16.0 Å². The van der Waals surface area contributed by atoms with Crippen molar-refractivity contribution < 1.29 is 17.9 Å². The van der Waals surface area contributed by atoms with Crippen molar-refractivity contribution in [2.75, 3.05) is 19.7 Å². The standard InChI is InChI=1S/C16H19NO4S/c1-4-6-11-17(13-16(18)21-12-5-2)22(19,20)15-9-7-14(3)8-10-15/h2,4,7-10H,1,6,11-13H2,3H3. The van der Waals surface area contributed by atoms with E-state index in [2.05, 4.69) is 12.5 Å². The van der Waals surface area contributed by atoms with Crippen molar-refractivity contribution in [3.8, 4) is 12.3 Å². The van der Waals surface area contributed by atoms with Gasteiger partial charge in [0, 0.05) is 6.54 Å². The van der Waals surface area contributed by atoms with Crippen LogP contribution in [-0.4, -0.2) is 38.4 Å². The first kappa shape index (κ1) is 18.0. The maximum absolute atomic E-state index is 12.6. The van der Waals surface area contributed by atoms with Crippen LogP contribution in [0.3, 0.4) is 0 Å². The maximum atomic E-state index is 12.6. The molecule has 0 atom stereocenters. The molecule has 0 N–H and O–H groups in total. The number of benzene rings is 1. The second kappa shape index (κ2) is 8.37. The maximum Gasteiger partial charge on any atom is 0.322 e. The van der Waals surface area contributed by atoms with Crippen LogP contribution in [0, 0.1) is 19.3 Å². The summed E-state index contributed by atoms with van der Waals surface area (Å²) in [5, 5.41) is 0. The minimum absolute atomic E-state index is 0.131. The second-order valence-corrected chi connectivity index (χ2v) is 6.53. The molecule has 0 aliphatic carbocycles. The summed E-state index contributed by atoms with van der Waals surface area (Å²) in [5.41, 5.74) is 0.949. The monoisotopic (exact) mass is 321 g/mol. The Morgan fingerprint density at radius 3 is 2.59 bits per heavy atom. The molecule has 0 aromatic heterocycles. The number of carbonyl (C=O) groups is 1. The lowest BCUT2D eigenvalue weighted by Gasteiger charge is -2.20. The Morgan fingerprint density at radius 2 is 2.05 bits per heavy atom. The number of hydrogen-bond acceptors (Lipinski definition) is 4. The summed E-state index contributed by atoms with van der Waals surface area (Å²) in [6.07, 6.45) is 7.02. The first-order valence-corrected chi connectivity index (χ1v) is 8.12. The van der Waals surface area contributed by atoms with Gasteiger partial charge in [0.1, 0.15) is 6.54 Å². The molecule has 0 spiro atoms. The molecule has 22 heavy (non-hydrogen) atoms. The number of sulfonamides is 1. The van der Waals surface area contributed by atoms with E-state index in [1.54, 1.807) is 18.2 Å². The number of aryl methyl sites for hydroxylation is 1. The van der Waals surface area contributed by atoms with Crippen molar-refractivity contribution in [1.82, 2.24) is 4.31 Å². The summed E-state index contributed by atoms with van der Waals surface area (Å²) >= 11 is 0. The Morgan fingerprint density at radius 1 is 1.41 bits per heavy atom.